The Morgan fingerprint density at radius 1 is 1.27 bits per heavy atom. The van der Waals surface area contributed by atoms with Gasteiger partial charge in [0.05, 0.1) is 0 Å². The minimum Gasteiger partial charge on any atom is -0.319 e. The highest BCUT2D eigenvalue weighted by atomic mass is 14.8. The summed E-state index contributed by atoms with van der Waals surface area (Å²) in [5, 5.41) is 3.26. The Morgan fingerprint density at radius 2 is 1.91 bits per heavy atom. The summed E-state index contributed by atoms with van der Waals surface area (Å²) in [6, 6.07) is 0. The third kappa shape index (κ3) is 5.25. The SMILES string of the molecule is CCCCC(CNC)C(C)C. The van der Waals surface area contributed by atoms with Crippen LogP contribution in [0.1, 0.15) is 40.0 Å². The summed E-state index contributed by atoms with van der Waals surface area (Å²) in [6.45, 7) is 8.07. The molecule has 0 aliphatic rings. The summed E-state index contributed by atoms with van der Waals surface area (Å²) in [6.07, 6.45) is 4.09. The van der Waals surface area contributed by atoms with Crippen molar-refractivity contribution in [2.24, 2.45) is 11.8 Å². The molecule has 0 spiro atoms. The van der Waals surface area contributed by atoms with Gasteiger partial charge in [0.2, 0.25) is 0 Å². The molecular formula is C10H23N. The molecule has 1 atom stereocenters. The van der Waals surface area contributed by atoms with Crippen molar-refractivity contribution in [2.75, 3.05) is 13.6 Å². The Labute approximate surface area is 71.6 Å². The Kier molecular flexibility index (Phi) is 6.63. The molecule has 1 nitrogen and oxygen atoms in total. The van der Waals surface area contributed by atoms with E-state index in [1.54, 1.807) is 0 Å². The second-order valence-electron chi connectivity index (χ2n) is 3.70. The molecule has 0 rings (SSSR count). The second-order valence-corrected chi connectivity index (χ2v) is 3.70. The van der Waals surface area contributed by atoms with E-state index in [0.29, 0.717) is 0 Å². The Hall–Kier alpha value is -0.0400. The van der Waals surface area contributed by atoms with E-state index in [2.05, 4.69) is 26.1 Å². The van der Waals surface area contributed by atoms with Crippen molar-refractivity contribution in [1.29, 1.82) is 0 Å². The Bertz CT molecular complexity index is 78.9. The number of unbranched alkanes of at least 4 members (excludes halogenated alkanes) is 1. The topological polar surface area (TPSA) is 12.0 Å². The fourth-order valence-electron chi connectivity index (χ4n) is 1.40. The van der Waals surface area contributed by atoms with Gasteiger partial charge in [-0.25, -0.2) is 0 Å². The minimum absolute atomic E-state index is 0.828. The lowest BCUT2D eigenvalue weighted by Gasteiger charge is -2.19. The third-order valence-electron chi connectivity index (χ3n) is 2.34. The van der Waals surface area contributed by atoms with E-state index in [1.165, 1.54) is 25.8 Å². The lowest BCUT2D eigenvalue weighted by Crippen LogP contribution is -2.23. The van der Waals surface area contributed by atoms with Gasteiger partial charge in [-0.2, -0.15) is 0 Å². The molecule has 0 saturated heterocycles. The summed E-state index contributed by atoms with van der Waals surface area (Å²) in [5.74, 6) is 1.70. The van der Waals surface area contributed by atoms with Gasteiger partial charge in [0.25, 0.3) is 0 Å². The van der Waals surface area contributed by atoms with Gasteiger partial charge < -0.3 is 5.32 Å². The van der Waals surface area contributed by atoms with Crippen LogP contribution in [0, 0.1) is 11.8 Å². The van der Waals surface area contributed by atoms with Gasteiger partial charge in [0, 0.05) is 0 Å². The average Bonchev–Trinajstić information content (AvgIpc) is 1.97. The minimum atomic E-state index is 0.828. The smallest absolute Gasteiger partial charge is 0.00211 e. The molecule has 0 saturated carbocycles. The molecule has 0 aromatic rings. The summed E-state index contributed by atoms with van der Waals surface area (Å²) in [7, 11) is 2.04. The summed E-state index contributed by atoms with van der Waals surface area (Å²) < 4.78 is 0. The van der Waals surface area contributed by atoms with E-state index in [-0.39, 0.29) is 0 Å². The van der Waals surface area contributed by atoms with Crippen molar-refractivity contribution in [3.05, 3.63) is 0 Å². The Morgan fingerprint density at radius 3 is 2.27 bits per heavy atom. The summed E-state index contributed by atoms with van der Waals surface area (Å²) in [5.41, 5.74) is 0. The van der Waals surface area contributed by atoms with Gasteiger partial charge in [-0.05, 0) is 31.8 Å². The lowest BCUT2D eigenvalue weighted by atomic mass is 9.91. The van der Waals surface area contributed by atoms with Crippen molar-refractivity contribution in [2.45, 2.75) is 40.0 Å². The molecule has 0 fully saturated rings. The standard InChI is InChI=1S/C10H23N/c1-5-6-7-10(8-11-4)9(2)3/h9-11H,5-8H2,1-4H3. The van der Waals surface area contributed by atoms with Crippen molar-refractivity contribution in [3.8, 4) is 0 Å². The fourth-order valence-corrected chi connectivity index (χ4v) is 1.40. The van der Waals surface area contributed by atoms with Crippen LogP contribution in [0.4, 0.5) is 0 Å². The summed E-state index contributed by atoms with van der Waals surface area (Å²) in [4.78, 5) is 0. The second kappa shape index (κ2) is 6.66. The molecule has 68 valence electrons. The Balaban J connectivity index is 3.51. The molecule has 0 heterocycles. The van der Waals surface area contributed by atoms with Crippen LogP contribution in [0.15, 0.2) is 0 Å². The highest BCUT2D eigenvalue weighted by Crippen LogP contribution is 2.16. The van der Waals surface area contributed by atoms with Crippen molar-refractivity contribution < 1.29 is 0 Å². The maximum absolute atomic E-state index is 3.26. The third-order valence-corrected chi connectivity index (χ3v) is 2.34. The van der Waals surface area contributed by atoms with Crippen molar-refractivity contribution >= 4 is 0 Å². The molecule has 0 aromatic carbocycles. The largest absolute Gasteiger partial charge is 0.319 e. The van der Waals surface area contributed by atoms with E-state index < -0.39 is 0 Å². The van der Waals surface area contributed by atoms with Crippen LogP contribution in [-0.4, -0.2) is 13.6 Å². The molecular weight excluding hydrogens is 134 g/mol. The molecule has 0 aromatic heterocycles. The number of nitrogens with one attached hydrogen (secondary N) is 1. The van der Waals surface area contributed by atoms with Gasteiger partial charge in [0.1, 0.15) is 0 Å². The van der Waals surface area contributed by atoms with Gasteiger partial charge in [-0.15, -0.1) is 0 Å². The molecule has 1 unspecified atom stereocenters. The quantitative estimate of drug-likeness (QED) is 0.625. The van der Waals surface area contributed by atoms with Crippen LogP contribution < -0.4 is 5.32 Å². The van der Waals surface area contributed by atoms with Gasteiger partial charge in [-0.3, -0.25) is 0 Å². The van der Waals surface area contributed by atoms with Crippen LogP contribution in [0.25, 0.3) is 0 Å². The molecule has 0 radical (unpaired) electrons. The first-order valence-corrected chi connectivity index (χ1v) is 4.87. The van der Waals surface area contributed by atoms with E-state index >= 15 is 0 Å². The van der Waals surface area contributed by atoms with Crippen LogP contribution in [0.2, 0.25) is 0 Å². The molecule has 0 amide bonds. The van der Waals surface area contributed by atoms with Crippen molar-refractivity contribution in [1.82, 2.24) is 5.32 Å². The first kappa shape index (κ1) is 11.0. The van der Waals surface area contributed by atoms with Crippen molar-refractivity contribution in [3.63, 3.8) is 0 Å². The zero-order chi connectivity index (χ0) is 8.69. The molecule has 1 N–H and O–H groups in total. The summed E-state index contributed by atoms with van der Waals surface area (Å²) >= 11 is 0. The number of rotatable bonds is 6. The zero-order valence-corrected chi connectivity index (χ0v) is 8.48. The lowest BCUT2D eigenvalue weighted by molar-refractivity contribution is 0.340. The van der Waals surface area contributed by atoms with Crippen LogP contribution in [0.3, 0.4) is 0 Å². The van der Waals surface area contributed by atoms with Crippen LogP contribution >= 0.6 is 0 Å². The van der Waals surface area contributed by atoms with Gasteiger partial charge in [0.15, 0.2) is 0 Å². The molecule has 1 heteroatoms. The monoisotopic (exact) mass is 157 g/mol. The van der Waals surface area contributed by atoms with E-state index in [4.69, 9.17) is 0 Å². The van der Waals surface area contributed by atoms with Gasteiger partial charge >= 0.3 is 0 Å². The number of hydrogen-bond acceptors (Lipinski definition) is 1. The highest BCUT2D eigenvalue weighted by Gasteiger charge is 2.10. The van der Waals surface area contributed by atoms with E-state index in [0.717, 1.165) is 11.8 Å². The van der Waals surface area contributed by atoms with E-state index in [9.17, 15) is 0 Å². The predicted molar refractivity (Wildman–Crippen MR) is 51.8 cm³/mol. The maximum Gasteiger partial charge on any atom is -0.00211 e. The van der Waals surface area contributed by atoms with Crippen LogP contribution in [-0.2, 0) is 0 Å². The fraction of sp³-hybridized carbons (Fsp3) is 1.00. The van der Waals surface area contributed by atoms with Gasteiger partial charge in [-0.1, -0.05) is 33.6 Å². The molecule has 0 bridgehead atoms. The first-order chi connectivity index (χ1) is 5.22. The first-order valence-electron chi connectivity index (χ1n) is 4.87. The zero-order valence-electron chi connectivity index (χ0n) is 8.48. The average molecular weight is 157 g/mol. The van der Waals surface area contributed by atoms with Crippen LogP contribution in [0.5, 0.6) is 0 Å². The molecule has 11 heavy (non-hydrogen) atoms. The number of hydrogen-bond donors (Lipinski definition) is 1. The maximum atomic E-state index is 3.26. The predicted octanol–water partition coefficient (Wildman–Crippen LogP) is 2.67. The molecule has 0 aliphatic heterocycles. The highest BCUT2D eigenvalue weighted by molar-refractivity contribution is 4.64. The normalized spacial score (nSPS) is 13.9. The molecule has 0 aliphatic carbocycles. The van der Waals surface area contributed by atoms with E-state index in [1.807, 2.05) is 7.05 Å².